The zero-order valence-electron chi connectivity index (χ0n) is 15.4. The highest BCUT2D eigenvalue weighted by Crippen LogP contribution is 2.27. The van der Waals surface area contributed by atoms with Crippen LogP contribution < -0.4 is 15.0 Å². The van der Waals surface area contributed by atoms with Crippen LogP contribution in [-0.4, -0.2) is 24.5 Å². The van der Waals surface area contributed by atoms with E-state index in [1.54, 1.807) is 24.3 Å². The van der Waals surface area contributed by atoms with E-state index in [1.807, 2.05) is 25.1 Å². The SMILES string of the molecule is CCOc1ccc(N2C(=O)CC(Nc3cccc(C(C)C)c3)C2=O)cc1. The minimum atomic E-state index is -0.545. The predicted molar refractivity (Wildman–Crippen MR) is 103 cm³/mol. The molecule has 5 heteroatoms. The first kappa shape index (κ1) is 18.0. The predicted octanol–water partition coefficient (Wildman–Crippen LogP) is 3.95. The lowest BCUT2D eigenvalue weighted by atomic mass is 10.0. The van der Waals surface area contributed by atoms with E-state index in [0.29, 0.717) is 18.2 Å². The van der Waals surface area contributed by atoms with Crippen molar-refractivity contribution in [1.29, 1.82) is 0 Å². The van der Waals surface area contributed by atoms with Crippen molar-refractivity contribution in [2.24, 2.45) is 0 Å². The zero-order valence-corrected chi connectivity index (χ0v) is 15.4. The van der Waals surface area contributed by atoms with Crippen molar-refractivity contribution in [3.05, 3.63) is 54.1 Å². The lowest BCUT2D eigenvalue weighted by molar-refractivity contribution is -0.121. The lowest BCUT2D eigenvalue weighted by Crippen LogP contribution is -2.34. The van der Waals surface area contributed by atoms with E-state index in [-0.39, 0.29) is 18.2 Å². The monoisotopic (exact) mass is 352 g/mol. The van der Waals surface area contributed by atoms with Gasteiger partial charge in [0.15, 0.2) is 0 Å². The summed E-state index contributed by atoms with van der Waals surface area (Å²) >= 11 is 0. The van der Waals surface area contributed by atoms with E-state index in [0.717, 1.165) is 11.4 Å². The molecule has 0 aromatic heterocycles. The maximum absolute atomic E-state index is 12.8. The number of nitrogens with zero attached hydrogens (tertiary/aromatic N) is 1. The van der Waals surface area contributed by atoms with Gasteiger partial charge in [-0.1, -0.05) is 26.0 Å². The van der Waals surface area contributed by atoms with Gasteiger partial charge >= 0.3 is 0 Å². The fourth-order valence-electron chi connectivity index (χ4n) is 3.06. The fourth-order valence-corrected chi connectivity index (χ4v) is 3.06. The Morgan fingerprint density at radius 3 is 2.54 bits per heavy atom. The van der Waals surface area contributed by atoms with Crippen LogP contribution in [0.2, 0.25) is 0 Å². The Balaban J connectivity index is 1.75. The van der Waals surface area contributed by atoms with Crippen LogP contribution in [0.15, 0.2) is 48.5 Å². The van der Waals surface area contributed by atoms with Crippen LogP contribution in [0.5, 0.6) is 5.75 Å². The molecule has 1 heterocycles. The van der Waals surface area contributed by atoms with Crippen LogP contribution in [0.4, 0.5) is 11.4 Å². The highest BCUT2D eigenvalue weighted by Gasteiger charge is 2.39. The highest BCUT2D eigenvalue weighted by atomic mass is 16.5. The molecule has 1 aliphatic heterocycles. The first-order valence-corrected chi connectivity index (χ1v) is 8.95. The molecule has 136 valence electrons. The van der Waals surface area contributed by atoms with Crippen molar-refractivity contribution < 1.29 is 14.3 Å². The molecule has 5 nitrogen and oxygen atoms in total. The summed E-state index contributed by atoms with van der Waals surface area (Å²) in [5, 5.41) is 3.21. The summed E-state index contributed by atoms with van der Waals surface area (Å²) in [5.41, 5.74) is 2.62. The number of carbonyl (C=O) groups is 2. The van der Waals surface area contributed by atoms with Gasteiger partial charge in [0.25, 0.3) is 5.91 Å². The van der Waals surface area contributed by atoms with Gasteiger partial charge in [-0.3, -0.25) is 9.59 Å². The molecule has 1 atom stereocenters. The third-order valence-electron chi connectivity index (χ3n) is 4.45. The quantitative estimate of drug-likeness (QED) is 0.800. The minimum Gasteiger partial charge on any atom is -0.494 e. The number of benzene rings is 2. The average molecular weight is 352 g/mol. The second-order valence-corrected chi connectivity index (χ2v) is 6.68. The Morgan fingerprint density at radius 1 is 1.15 bits per heavy atom. The third-order valence-corrected chi connectivity index (χ3v) is 4.45. The van der Waals surface area contributed by atoms with Gasteiger partial charge in [0.05, 0.1) is 18.7 Å². The molecule has 2 amide bonds. The topological polar surface area (TPSA) is 58.6 Å². The van der Waals surface area contributed by atoms with Crippen molar-refractivity contribution in [3.63, 3.8) is 0 Å². The van der Waals surface area contributed by atoms with E-state index in [2.05, 4.69) is 25.2 Å². The van der Waals surface area contributed by atoms with Crippen LogP contribution in [0.3, 0.4) is 0 Å². The van der Waals surface area contributed by atoms with Crippen LogP contribution in [0.25, 0.3) is 0 Å². The molecule has 3 rings (SSSR count). The van der Waals surface area contributed by atoms with Crippen molar-refractivity contribution >= 4 is 23.2 Å². The molecule has 0 saturated carbocycles. The molecule has 2 aromatic rings. The van der Waals surface area contributed by atoms with Gasteiger partial charge in [0.2, 0.25) is 5.91 Å². The second kappa shape index (κ2) is 7.60. The Labute approximate surface area is 154 Å². The maximum atomic E-state index is 12.8. The van der Waals surface area contributed by atoms with Crippen LogP contribution in [0, 0.1) is 0 Å². The van der Waals surface area contributed by atoms with Crippen molar-refractivity contribution in [2.75, 3.05) is 16.8 Å². The summed E-state index contributed by atoms with van der Waals surface area (Å²) in [4.78, 5) is 26.4. The summed E-state index contributed by atoms with van der Waals surface area (Å²) in [5.74, 6) is 0.694. The Bertz CT molecular complexity index is 799. The lowest BCUT2D eigenvalue weighted by Gasteiger charge is -2.17. The summed E-state index contributed by atoms with van der Waals surface area (Å²) in [6, 6.07) is 14.4. The second-order valence-electron chi connectivity index (χ2n) is 6.68. The molecule has 0 bridgehead atoms. The minimum absolute atomic E-state index is 0.151. The third kappa shape index (κ3) is 3.72. The summed E-state index contributed by atoms with van der Waals surface area (Å²) in [7, 11) is 0. The summed E-state index contributed by atoms with van der Waals surface area (Å²) < 4.78 is 5.41. The number of nitrogens with one attached hydrogen (secondary N) is 1. The smallest absolute Gasteiger partial charge is 0.256 e. The number of amides is 2. The van der Waals surface area contributed by atoms with Gasteiger partial charge in [-0.05, 0) is 54.8 Å². The van der Waals surface area contributed by atoms with E-state index in [1.165, 1.54) is 10.5 Å². The molecule has 1 fully saturated rings. The molecular formula is C21H24N2O3. The van der Waals surface area contributed by atoms with Gasteiger partial charge in [0, 0.05) is 5.69 Å². The summed E-state index contributed by atoms with van der Waals surface area (Å²) in [6.45, 7) is 6.72. The van der Waals surface area contributed by atoms with Crippen molar-refractivity contribution in [3.8, 4) is 5.75 Å². The van der Waals surface area contributed by atoms with Crippen molar-refractivity contribution in [2.45, 2.75) is 39.2 Å². The molecule has 0 radical (unpaired) electrons. The molecular weight excluding hydrogens is 328 g/mol. The molecule has 1 N–H and O–H groups in total. The fraction of sp³-hybridized carbons (Fsp3) is 0.333. The van der Waals surface area contributed by atoms with Crippen LogP contribution >= 0.6 is 0 Å². The molecule has 26 heavy (non-hydrogen) atoms. The zero-order chi connectivity index (χ0) is 18.7. The molecule has 0 spiro atoms. The Kier molecular flexibility index (Phi) is 5.26. The van der Waals surface area contributed by atoms with Crippen molar-refractivity contribution in [1.82, 2.24) is 0 Å². The van der Waals surface area contributed by atoms with Gasteiger partial charge in [-0.25, -0.2) is 4.90 Å². The van der Waals surface area contributed by atoms with Gasteiger partial charge < -0.3 is 10.1 Å². The van der Waals surface area contributed by atoms with Gasteiger partial charge in [0.1, 0.15) is 11.8 Å². The molecule has 2 aromatic carbocycles. The van der Waals surface area contributed by atoms with Crippen LogP contribution in [-0.2, 0) is 9.59 Å². The first-order chi connectivity index (χ1) is 12.5. The average Bonchev–Trinajstić information content (AvgIpc) is 2.90. The standard InChI is InChI=1S/C21H24N2O3/c1-4-26-18-10-8-17(9-11-18)23-20(24)13-19(21(23)25)22-16-7-5-6-15(12-16)14(2)3/h5-12,14,19,22H,4,13H2,1-3H3. The van der Waals surface area contributed by atoms with E-state index in [4.69, 9.17) is 4.74 Å². The number of hydrogen-bond donors (Lipinski definition) is 1. The van der Waals surface area contributed by atoms with E-state index < -0.39 is 6.04 Å². The number of rotatable bonds is 6. The molecule has 1 aliphatic rings. The first-order valence-electron chi connectivity index (χ1n) is 8.95. The maximum Gasteiger partial charge on any atom is 0.256 e. The van der Waals surface area contributed by atoms with E-state index >= 15 is 0 Å². The van der Waals surface area contributed by atoms with E-state index in [9.17, 15) is 9.59 Å². The van der Waals surface area contributed by atoms with Crippen LogP contribution in [0.1, 0.15) is 38.7 Å². The number of ether oxygens (including phenoxy) is 1. The molecule has 0 aliphatic carbocycles. The molecule has 1 saturated heterocycles. The number of imide groups is 1. The normalized spacial score (nSPS) is 17.1. The largest absolute Gasteiger partial charge is 0.494 e. The Hall–Kier alpha value is -2.82. The number of anilines is 2. The van der Waals surface area contributed by atoms with Gasteiger partial charge in [-0.15, -0.1) is 0 Å². The summed E-state index contributed by atoms with van der Waals surface area (Å²) in [6.07, 6.45) is 0.151. The van der Waals surface area contributed by atoms with Gasteiger partial charge in [-0.2, -0.15) is 0 Å². The Morgan fingerprint density at radius 2 is 1.88 bits per heavy atom. The number of hydrogen-bond acceptors (Lipinski definition) is 4. The highest BCUT2D eigenvalue weighted by molar-refractivity contribution is 6.23. The molecule has 1 unspecified atom stereocenters. The number of carbonyl (C=O) groups excluding carboxylic acids is 2.